The van der Waals surface area contributed by atoms with E-state index in [4.69, 9.17) is 0 Å². The van der Waals surface area contributed by atoms with Crippen LogP contribution in [0.25, 0.3) is 0 Å². The summed E-state index contributed by atoms with van der Waals surface area (Å²) in [7, 11) is -3.43. The summed E-state index contributed by atoms with van der Waals surface area (Å²) in [5.41, 5.74) is 0.532. The summed E-state index contributed by atoms with van der Waals surface area (Å²) in [5.74, 6) is -0.124. The predicted molar refractivity (Wildman–Crippen MR) is 84.0 cm³/mol. The van der Waals surface area contributed by atoms with Gasteiger partial charge in [-0.15, -0.1) is 0 Å². The summed E-state index contributed by atoms with van der Waals surface area (Å²) in [5, 5.41) is 13.8. The summed E-state index contributed by atoms with van der Waals surface area (Å²) < 4.78 is 26.9. The van der Waals surface area contributed by atoms with Gasteiger partial charge >= 0.3 is 0 Å². The molecule has 7 nitrogen and oxygen atoms in total. The van der Waals surface area contributed by atoms with Crippen LogP contribution < -0.4 is 5.32 Å². The summed E-state index contributed by atoms with van der Waals surface area (Å²) in [4.78, 5) is 10.1. The molecule has 0 bridgehead atoms. The average molecular weight is 327 g/mol. The molecule has 8 heteroatoms. The highest BCUT2D eigenvalue weighted by atomic mass is 32.2. The second kappa shape index (κ2) is 7.17. The van der Waals surface area contributed by atoms with Gasteiger partial charge in [0, 0.05) is 31.3 Å². The molecule has 1 saturated heterocycles. The lowest BCUT2D eigenvalue weighted by Crippen LogP contribution is -2.42. The molecule has 0 aliphatic carbocycles. The third-order valence-electron chi connectivity index (χ3n) is 3.74. The van der Waals surface area contributed by atoms with E-state index in [-0.39, 0.29) is 17.5 Å². The highest BCUT2D eigenvalue weighted by molar-refractivity contribution is 7.88. The number of nitro benzene ring substituents is 1. The minimum Gasteiger partial charge on any atom is -0.315 e. The van der Waals surface area contributed by atoms with E-state index >= 15 is 0 Å². The number of sulfonamides is 1. The number of hydrogen-bond donors (Lipinski definition) is 1. The quantitative estimate of drug-likeness (QED) is 0.605. The van der Waals surface area contributed by atoms with Gasteiger partial charge in [0.15, 0.2) is 0 Å². The molecule has 22 heavy (non-hydrogen) atoms. The van der Waals surface area contributed by atoms with E-state index < -0.39 is 14.9 Å². The number of nitrogens with one attached hydrogen (secondary N) is 1. The Hall–Kier alpha value is -1.51. The lowest BCUT2D eigenvalue weighted by atomic mass is 10.2. The van der Waals surface area contributed by atoms with Gasteiger partial charge in [0.25, 0.3) is 5.69 Å². The molecule has 1 aromatic rings. The van der Waals surface area contributed by atoms with Crippen molar-refractivity contribution in [2.24, 2.45) is 0 Å². The minimum atomic E-state index is -3.43. The predicted octanol–water partition coefficient (Wildman–Crippen LogP) is 1.50. The molecule has 1 N–H and O–H groups in total. The number of non-ortho nitro benzene ring substituents is 1. The molecule has 0 saturated carbocycles. The summed E-state index contributed by atoms with van der Waals surface area (Å²) in [6.45, 7) is 3.97. The molecule has 0 spiro atoms. The van der Waals surface area contributed by atoms with Gasteiger partial charge in [-0.1, -0.05) is 19.1 Å². The number of rotatable bonds is 7. The maximum Gasteiger partial charge on any atom is 0.269 e. The molecule has 0 radical (unpaired) electrons. The molecule has 122 valence electrons. The summed E-state index contributed by atoms with van der Waals surface area (Å²) >= 11 is 0. The van der Waals surface area contributed by atoms with Crippen molar-refractivity contribution in [1.29, 1.82) is 0 Å². The normalized spacial score (nSPS) is 18.7. The number of nitro groups is 1. The molecule has 1 heterocycles. The molecule has 1 atom stereocenters. The van der Waals surface area contributed by atoms with Gasteiger partial charge in [0.05, 0.1) is 10.7 Å². The fraction of sp³-hybridized carbons (Fsp3) is 0.571. The third-order valence-corrected chi connectivity index (χ3v) is 5.63. The first-order chi connectivity index (χ1) is 10.4. The van der Waals surface area contributed by atoms with Gasteiger partial charge in [0.2, 0.25) is 10.0 Å². The average Bonchev–Trinajstić information content (AvgIpc) is 2.98. The van der Waals surface area contributed by atoms with Gasteiger partial charge in [-0.2, -0.15) is 4.31 Å². The molecule has 1 aliphatic heterocycles. The Morgan fingerprint density at radius 2 is 2.05 bits per heavy atom. The Bertz CT molecular complexity index is 609. The Balaban J connectivity index is 2.15. The monoisotopic (exact) mass is 327 g/mol. The van der Waals surface area contributed by atoms with Gasteiger partial charge in [-0.05, 0) is 24.9 Å². The Morgan fingerprint density at radius 3 is 2.55 bits per heavy atom. The SMILES string of the molecule is CCCN(C1CCNC1)S(=O)(=O)Cc1ccc([N+](=O)[O-])cc1. The zero-order chi connectivity index (χ0) is 16.2. The van der Waals surface area contributed by atoms with E-state index in [9.17, 15) is 18.5 Å². The van der Waals surface area contributed by atoms with Crippen molar-refractivity contribution in [2.75, 3.05) is 19.6 Å². The zero-order valence-corrected chi connectivity index (χ0v) is 13.4. The summed E-state index contributed by atoms with van der Waals surface area (Å²) in [6, 6.07) is 5.69. The molecule has 2 rings (SSSR count). The van der Waals surface area contributed by atoms with E-state index in [1.807, 2.05) is 6.92 Å². The van der Waals surface area contributed by atoms with Crippen molar-refractivity contribution >= 4 is 15.7 Å². The second-order valence-corrected chi connectivity index (χ2v) is 7.36. The minimum absolute atomic E-state index is 0.00278. The maximum absolute atomic E-state index is 12.7. The van der Waals surface area contributed by atoms with Crippen LogP contribution in [-0.2, 0) is 15.8 Å². The van der Waals surface area contributed by atoms with Crippen LogP contribution in [0.4, 0.5) is 5.69 Å². The number of benzene rings is 1. The Labute approximate surface area is 130 Å². The van der Waals surface area contributed by atoms with E-state index in [1.54, 1.807) is 4.31 Å². The molecule has 1 unspecified atom stereocenters. The first-order valence-electron chi connectivity index (χ1n) is 7.37. The van der Waals surface area contributed by atoms with E-state index in [1.165, 1.54) is 24.3 Å². The topological polar surface area (TPSA) is 92.6 Å². The summed E-state index contributed by atoms with van der Waals surface area (Å²) in [6.07, 6.45) is 1.58. The van der Waals surface area contributed by atoms with Gasteiger partial charge in [-0.3, -0.25) is 10.1 Å². The van der Waals surface area contributed by atoms with E-state index in [0.29, 0.717) is 18.7 Å². The molecule has 1 fully saturated rings. The van der Waals surface area contributed by atoms with E-state index in [2.05, 4.69) is 5.32 Å². The largest absolute Gasteiger partial charge is 0.315 e. The van der Waals surface area contributed by atoms with Crippen LogP contribution >= 0.6 is 0 Å². The molecular weight excluding hydrogens is 306 g/mol. The first-order valence-corrected chi connectivity index (χ1v) is 8.98. The van der Waals surface area contributed by atoms with Crippen LogP contribution in [0.5, 0.6) is 0 Å². The molecule has 1 aliphatic rings. The van der Waals surface area contributed by atoms with Crippen molar-refractivity contribution in [3.8, 4) is 0 Å². The van der Waals surface area contributed by atoms with Crippen molar-refractivity contribution < 1.29 is 13.3 Å². The second-order valence-electron chi connectivity index (χ2n) is 5.44. The van der Waals surface area contributed by atoms with Crippen molar-refractivity contribution in [3.63, 3.8) is 0 Å². The Morgan fingerprint density at radius 1 is 1.36 bits per heavy atom. The molecular formula is C14H21N3O4S. The van der Waals surface area contributed by atoms with Crippen molar-refractivity contribution in [2.45, 2.75) is 31.6 Å². The fourth-order valence-electron chi connectivity index (χ4n) is 2.66. The van der Waals surface area contributed by atoms with Crippen LogP contribution in [0.1, 0.15) is 25.3 Å². The van der Waals surface area contributed by atoms with Gasteiger partial charge in [0.1, 0.15) is 0 Å². The Kier molecular flexibility index (Phi) is 5.49. The lowest BCUT2D eigenvalue weighted by Gasteiger charge is -2.27. The number of nitrogens with zero attached hydrogens (tertiary/aromatic N) is 2. The van der Waals surface area contributed by atoms with Crippen molar-refractivity contribution in [3.05, 3.63) is 39.9 Å². The highest BCUT2D eigenvalue weighted by Crippen LogP contribution is 2.20. The third kappa shape index (κ3) is 4.02. The van der Waals surface area contributed by atoms with E-state index in [0.717, 1.165) is 19.4 Å². The van der Waals surface area contributed by atoms with Gasteiger partial charge < -0.3 is 5.32 Å². The zero-order valence-electron chi connectivity index (χ0n) is 12.6. The van der Waals surface area contributed by atoms with Crippen molar-refractivity contribution in [1.82, 2.24) is 9.62 Å². The molecule has 1 aromatic carbocycles. The van der Waals surface area contributed by atoms with Crippen LogP contribution in [-0.4, -0.2) is 43.3 Å². The lowest BCUT2D eigenvalue weighted by molar-refractivity contribution is -0.384. The standard InChI is InChI=1S/C14H21N3O4S/c1-2-9-16(14-7-8-15-10-14)22(20,21)11-12-3-5-13(6-4-12)17(18)19/h3-6,14-15H,2,7-11H2,1H3. The molecule has 0 aromatic heterocycles. The van der Waals surface area contributed by atoms with Crippen LogP contribution in [0.3, 0.4) is 0 Å². The van der Waals surface area contributed by atoms with Crippen LogP contribution in [0, 0.1) is 10.1 Å². The fourth-order valence-corrected chi connectivity index (χ4v) is 4.54. The van der Waals surface area contributed by atoms with Gasteiger partial charge in [-0.25, -0.2) is 8.42 Å². The smallest absolute Gasteiger partial charge is 0.269 e. The molecule has 0 amide bonds. The highest BCUT2D eigenvalue weighted by Gasteiger charge is 2.31. The van der Waals surface area contributed by atoms with Crippen LogP contribution in [0.2, 0.25) is 0 Å². The number of hydrogen-bond acceptors (Lipinski definition) is 5. The maximum atomic E-state index is 12.7. The first kappa shape index (κ1) is 16.9. The van der Waals surface area contributed by atoms with Crippen LogP contribution in [0.15, 0.2) is 24.3 Å².